The van der Waals surface area contributed by atoms with Crippen molar-refractivity contribution in [2.45, 2.75) is 32.4 Å². The SMILES string of the molecule is O=C1CCCN1c1cc(CC2=NN(COCc3ccccc3)Cc3cccnc32)ccc1F. The molecule has 0 saturated carbocycles. The summed E-state index contributed by atoms with van der Waals surface area (Å²) < 4.78 is 20.4. The van der Waals surface area contributed by atoms with E-state index in [9.17, 15) is 9.18 Å². The van der Waals surface area contributed by atoms with Crippen LogP contribution in [-0.4, -0.2) is 34.9 Å². The smallest absolute Gasteiger partial charge is 0.227 e. The molecule has 0 N–H and O–H groups in total. The summed E-state index contributed by atoms with van der Waals surface area (Å²) in [5.41, 5.74) is 5.05. The molecule has 0 bridgehead atoms. The highest BCUT2D eigenvalue weighted by atomic mass is 19.1. The molecule has 168 valence electrons. The van der Waals surface area contributed by atoms with Gasteiger partial charge >= 0.3 is 0 Å². The largest absolute Gasteiger partial charge is 0.355 e. The standard InChI is InChI=1S/C26H25FN4O2/c27-22-11-10-20(15-24(22)31-13-5-9-25(31)32)14-23-26-21(8-4-12-28-26)16-30(29-23)18-33-17-19-6-2-1-3-7-19/h1-4,6-8,10-12,15H,5,9,13-14,16-18H2. The number of nitrogens with zero attached hydrogens (tertiary/aromatic N) is 4. The quantitative estimate of drug-likeness (QED) is 0.546. The van der Waals surface area contributed by atoms with Gasteiger partial charge in [0.05, 0.1) is 30.2 Å². The number of carbonyl (C=O) groups is 1. The normalized spacial score (nSPS) is 15.5. The molecule has 6 nitrogen and oxygen atoms in total. The van der Waals surface area contributed by atoms with Crippen molar-refractivity contribution in [3.8, 4) is 0 Å². The van der Waals surface area contributed by atoms with Gasteiger partial charge in [-0.1, -0.05) is 42.5 Å². The van der Waals surface area contributed by atoms with Crippen LogP contribution in [0.1, 0.15) is 35.2 Å². The Balaban J connectivity index is 1.35. The lowest BCUT2D eigenvalue weighted by atomic mass is 10.0. The van der Waals surface area contributed by atoms with Gasteiger partial charge in [-0.25, -0.2) is 4.39 Å². The second-order valence-electron chi connectivity index (χ2n) is 8.30. The molecule has 3 aromatic rings. The first-order valence-corrected chi connectivity index (χ1v) is 11.1. The summed E-state index contributed by atoms with van der Waals surface area (Å²) in [6.45, 7) is 2.02. The first-order valence-electron chi connectivity index (χ1n) is 11.1. The van der Waals surface area contributed by atoms with Crippen molar-refractivity contribution in [3.05, 3.63) is 95.1 Å². The second-order valence-corrected chi connectivity index (χ2v) is 8.30. The average molecular weight is 445 g/mol. The molecule has 0 atom stereocenters. The van der Waals surface area contributed by atoms with Crippen LogP contribution in [0.4, 0.5) is 10.1 Å². The fraction of sp³-hybridized carbons (Fsp3) is 0.269. The summed E-state index contributed by atoms with van der Waals surface area (Å²) in [7, 11) is 0. The van der Waals surface area contributed by atoms with E-state index < -0.39 is 0 Å². The number of fused-ring (bicyclic) bond motifs is 1. The maximum Gasteiger partial charge on any atom is 0.227 e. The molecule has 7 heteroatoms. The van der Waals surface area contributed by atoms with Crippen molar-refractivity contribution >= 4 is 17.3 Å². The van der Waals surface area contributed by atoms with Gasteiger partial charge in [-0.05, 0) is 35.7 Å². The molecular formula is C26H25FN4O2. The van der Waals surface area contributed by atoms with Gasteiger partial charge < -0.3 is 9.64 Å². The zero-order valence-electron chi connectivity index (χ0n) is 18.3. The molecule has 0 spiro atoms. The number of benzene rings is 2. The first-order chi connectivity index (χ1) is 16.2. The van der Waals surface area contributed by atoms with E-state index in [4.69, 9.17) is 9.84 Å². The van der Waals surface area contributed by atoms with Crippen LogP contribution in [0.2, 0.25) is 0 Å². The number of aromatic nitrogens is 1. The number of rotatable bonds is 7. The van der Waals surface area contributed by atoms with Crippen molar-refractivity contribution in [1.82, 2.24) is 9.99 Å². The van der Waals surface area contributed by atoms with Crippen LogP contribution < -0.4 is 4.90 Å². The molecule has 1 amide bonds. The number of anilines is 1. The van der Waals surface area contributed by atoms with Crippen LogP contribution in [0.5, 0.6) is 0 Å². The summed E-state index contributed by atoms with van der Waals surface area (Å²) >= 11 is 0. The van der Waals surface area contributed by atoms with Gasteiger partial charge in [0, 0.05) is 31.1 Å². The van der Waals surface area contributed by atoms with Crippen molar-refractivity contribution in [3.63, 3.8) is 0 Å². The minimum atomic E-state index is -0.381. The van der Waals surface area contributed by atoms with Crippen LogP contribution in [0.25, 0.3) is 0 Å². The highest BCUT2D eigenvalue weighted by Gasteiger charge is 2.25. The fourth-order valence-electron chi connectivity index (χ4n) is 4.28. The molecule has 2 aliphatic rings. The van der Waals surface area contributed by atoms with Crippen LogP contribution in [-0.2, 0) is 29.1 Å². The molecule has 5 rings (SSSR count). The minimum Gasteiger partial charge on any atom is -0.355 e. The van der Waals surface area contributed by atoms with Crippen molar-refractivity contribution < 1.29 is 13.9 Å². The fourth-order valence-corrected chi connectivity index (χ4v) is 4.28. The number of ether oxygens (including phenoxy) is 1. The Kier molecular flexibility index (Phi) is 6.13. The predicted octanol–water partition coefficient (Wildman–Crippen LogP) is 4.28. The molecule has 1 aromatic heterocycles. The third-order valence-electron chi connectivity index (χ3n) is 5.88. The highest BCUT2D eigenvalue weighted by molar-refractivity contribution is 6.02. The lowest BCUT2D eigenvalue weighted by Crippen LogP contribution is -2.30. The molecule has 33 heavy (non-hydrogen) atoms. The van der Waals surface area contributed by atoms with Crippen LogP contribution in [0.15, 0.2) is 72.0 Å². The first kappa shape index (κ1) is 21.3. The Bertz CT molecular complexity index is 1180. The third-order valence-corrected chi connectivity index (χ3v) is 5.88. The van der Waals surface area contributed by atoms with E-state index in [0.29, 0.717) is 45.0 Å². The Morgan fingerprint density at radius 2 is 1.91 bits per heavy atom. The monoisotopic (exact) mass is 444 g/mol. The van der Waals surface area contributed by atoms with E-state index in [1.165, 1.54) is 11.0 Å². The van der Waals surface area contributed by atoms with Gasteiger partial charge in [-0.3, -0.25) is 14.8 Å². The van der Waals surface area contributed by atoms with E-state index in [1.54, 1.807) is 18.3 Å². The van der Waals surface area contributed by atoms with E-state index in [2.05, 4.69) is 4.98 Å². The molecule has 1 saturated heterocycles. The number of pyridine rings is 1. The van der Waals surface area contributed by atoms with E-state index >= 15 is 0 Å². The van der Waals surface area contributed by atoms with Gasteiger partial charge in [-0.2, -0.15) is 5.10 Å². The Morgan fingerprint density at radius 1 is 1.03 bits per heavy atom. The summed E-state index contributed by atoms with van der Waals surface area (Å²) in [5.74, 6) is -0.413. The molecule has 3 heterocycles. The van der Waals surface area contributed by atoms with Crippen molar-refractivity contribution in [1.29, 1.82) is 0 Å². The maximum atomic E-state index is 14.5. The topological polar surface area (TPSA) is 58.0 Å². The number of carbonyl (C=O) groups excluding carboxylic acids is 1. The molecule has 1 fully saturated rings. The Hall–Kier alpha value is -3.58. The van der Waals surface area contributed by atoms with Gasteiger partial charge in [0.25, 0.3) is 0 Å². The van der Waals surface area contributed by atoms with Gasteiger partial charge in [-0.15, -0.1) is 0 Å². The number of hydrogen-bond donors (Lipinski definition) is 0. The number of hydrogen-bond acceptors (Lipinski definition) is 5. The van der Waals surface area contributed by atoms with Crippen LogP contribution in [0.3, 0.4) is 0 Å². The number of amides is 1. The average Bonchev–Trinajstić information content (AvgIpc) is 3.26. The molecule has 2 aromatic carbocycles. The molecule has 0 aliphatic carbocycles. The zero-order valence-corrected chi connectivity index (χ0v) is 18.3. The Labute approximate surface area is 192 Å². The predicted molar refractivity (Wildman–Crippen MR) is 124 cm³/mol. The molecule has 2 aliphatic heterocycles. The molecular weight excluding hydrogens is 419 g/mol. The van der Waals surface area contributed by atoms with Gasteiger partial charge in [0.1, 0.15) is 12.5 Å². The van der Waals surface area contributed by atoms with E-state index in [-0.39, 0.29) is 11.7 Å². The summed E-state index contributed by atoms with van der Waals surface area (Å²) in [6.07, 6.45) is 3.46. The van der Waals surface area contributed by atoms with E-state index in [0.717, 1.165) is 34.5 Å². The third kappa shape index (κ3) is 4.78. The lowest BCUT2D eigenvalue weighted by molar-refractivity contribution is -0.117. The molecule has 0 unspecified atom stereocenters. The summed E-state index contributed by atoms with van der Waals surface area (Å²) in [4.78, 5) is 18.2. The van der Waals surface area contributed by atoms with Gasteiger partial charge in [0.2, 0.25) is 5.91 Å². The van der Waals surface area contributed by atoms with Crippen molar-refractivity contribution in [2.24, 2.45) is 5.10 Å². The lowest BCUT2D eigenvalue weighted by Gasteiger charge is -2.27. The maximum absolute atomic E-state index is 14.5. The van der Waals surface area contributed by atoms with Crippen LogP contribution in [0, 0.1) is 5.82 Å². The number of hydrazone groups is 1. The zero-order chi connectivity index (χ0) is 22.6. The van der Waals surface area contributed by atoms with Crippen LogP contribution >= 0.6 is 0 Å². The van der Waals surface area contributed by atoms with Gasteiger partial charge in [0.15, 0.2) is 0 Å². The van der Waals surface area contributed by atoms with E-state index in [1.807, 2.05) is 47.5 Å². The minimum absolute atomic E-state index is 0.0326. The number of halogens is 1. The molecule has 0 radical (unpaired) electrons. The Morgan fingerprint density at radius 3 is 2.73 bits per heavy atom. The summed E-state index contributed by atoms with van der Waals surface area (Å²) in [5, 5.41) is 6.69. The second kappa shape index (κ2) is 9.50. The summed E-state index contributed by atoms with van der Waals surface area (Å²) in [6, 6.07) is 18.9. The highest BCUT2D eigenvalue weighted by Crippen LogP contribution is 2.27. The van der Waals surface area contributed by atoms with Crippen molar-refractivity contribution in [2.75, 3.05) is 18.2 Å².